The van der Waals surface area contributed by atoms with Crippen LogP contribution in [0.2, 0.25) is 0 Å². The van der Waals surface area contributed by atoms with Crippen molar-refractivity contribution in [2.75, 3.05) is 18.5 Å². The van der Waals surface area contributed by atoms with Gasteiger partial charge in [0, 0.05) is 17.3 Å². The number of amides is 1. The molecule has 0 atom stereocenters. The number of nitrogens with one attached hydrogen (secondary N) is 2. The lowest BCUT2D eigenvalue weighted by Crippen LogP contribution is -2.16. The molecule has 0 saturated heterocycles. The minimum atomic E-state index is -0.551. The van der Waals surface area contributed by atoms with Gasteiger partial charge in [0.25, 0.3) is 5.91 Å². The molecule has 0 spiro atoms. The number of aromatic amines is 1. The Bertz CT molecular complexity index is 957. The molecule has 2 N–H and O–H groups in total. The van der Waals surface area contributed by atoms with E-state index in [1.807, 2.05) is 0 Å². The number of benzene rings is 2. The minimum absolute atomic E-state index is 0.313. The second kappa shape index (κ2) is 5.20. The zero-order valence-corrected chi connectivity index (χ0v) is 11.9. The highest BCUT2D eigenvalue weighted by Gasteiger charge is 2.14. The largest absolute Gasteiger partial charge is 0.486 e. The molecular formula is C16H12N2O5. The second-order valence-electron chi connectivity index (χ2n) is 5.04. The molecular weight excluding hydrogens is 300 g/mol. The van der Waals surface area contributed by atoms with Crippen LogP contribution in [0, 0.1) is 0 Å². The van der Waals surface area contributed by atoms with Gasteiger partial charge in [-0.15, -0.1) is 0 Å². The number of hydrogen-bond acceptors (Lipinski definition) is 5. The first-order valence-electron chi connectivity index (χ1n) is 7.03. The maximum absolute atomic E-state index is 12.3. The van der Waals surface area contributed by atoms with Crippen molar-refractivity contribution in [2.45, 2.75) is 0 Å². The summed E-state index contributed by atoms with van der Waals surface area (Å²) in [4.78, 5) is 26.0. The van der Waals surface area contributed by atoms with E-state index in [1.165, 1.54) is 6.07 Å². The van der Waals surface area contributed by atoms with Crippen molar-refractivity contribution in [1.82, 2.24) is 4.98 Å². The van der Waals surface area contributed by atoms with Crippen LogP contribution in [0.4, 0.5) is 5.69 Å². The Morgan fingerprint density at radius 3 is 2.74 bits per heavy atom. The van der Waals surface area contributed by atoms with E-state index in [2.05, 4.69) is 10.3 Å². The van der Waals surface area contributed by atoms with E-state index in [-0.39, 0.29) is 5.91 Å². The van der Waals surface area contributed by atoms with Crippen LogP contribution in [0.5, 0.6) is 11.5 Å². The Morgan fingerprint density at radius 2 is 1.87 bits per heavy atom. The Hall–Kier alpha value is -3.22. The van der Waals surface area contributed by atoms with Crippen LogP contribution in [0.25, 0.3) is 11.1 Å². The van der Waals surface area contributed by atoms with Crippen LogP contribution in [-0.4, -0.2) is 24.1 Å². The number of ether oxygens (including phenoxy) is 2. The van der Waals surface area contributed by atoms with Gasteiger partial charge >= 0.3 is 5.76 Å². The quantitative estimate of drug-likeness (QED) is 0.756. The summed E-state index contributed by atoms with van der Waals surface area (Å²) in [5.41, 5.74) is 1.86. The highest BCUT2D eigenvalue weighted by atomic mass is 16.6. The Morgan fingerprint density at radius 1 is 1.04 bits per heavy atom. The van der Waals surface area contributed by atoms with Crippen molar-refractivity contribution in [3.05, 3.63) is 52.5 Å². The van der Waals surface area contributed by atoms with Gasteiger partial charge in [0.1, 0.15) is 13.2 Å². The van der Waals surface area contributed by atoms with Gasteiger partial charge in [-0.25, -0.2) is 4.79 Å². The summed E-state index contributed by atoms with van der Waals surface area (Å²) in [6.45, 7) is 0.994. The van der Waals surface area contributed by atoms with Gasteiger partial charge < -0.3 is 19.2 Å². The predicted octanol–water partition coefficient (Wildman–Crippen LogP) is 2.14. The maximum atomic E-state index is 12.3. The van der Waals surface area contributed by atoms with Crippen LogP contribution >= 0.6 is 0 Å². The van der Waals surface area contributed by atoms with E-state index >= 15 is 0 Å². The van der Waals surface area contributed by atoms with Crippen molar-refractivity contribution >= 4 is 22.7 Å². The first-order valence-corrected chi connectivity index (χ1v) is 7.03. The first-order chi connectivity index (χ1) is 11.2. The summed E-state index contributed by atoms with van der Waals surface area (Å²) >= 11 is 0. The average Bonchev–Trinajstić information content (AvgIpc) is 2.93. The maximum Gasteiger partial charge on any atom is 0.417 e. The van der Waals surface area contributed by atoms with E-state index in [9.17, 15) is 9.59 Å². The van der Waals surface area contributed by atoms with Gasteiger partial charge in [-0.05, 0) is 30.3 Å². The zero-order chi connectivity index (χ0) is 15.8. The summed E-state index contributed by atoms with van der Waals surface area (Å²) in [6, 6.07) is 9.95. The van der Waals surface area contributed by atoms with Crippen molar-refractivity contribution in [2.24, 2.45) is 0 Å². The molecule has 4 rings (SSSR count). The van der Waals surface area contributed by atoms with E-state index in [0.717, 1.165) is 0 Å². The highest BCUT2D eigenvalue weighted by molar-refractivity contribution is 6.05. The average molecular weight is 312 g/mol. The van der Waals surface area contributed by atoms with Gasteiger partial charge in [-0.1, -0.05) is 0 Å². The summed E-state index contributed by atoms with van der Waals surface area (Å²) in [7, 11) is 0. The fraction of sp³-hybridized carbons (Fsp3) is 0.125. The molecule has 7 heteroatoms. The van der Waals surface area contributed by atoms with E-state index in [1.54, 1.807) is 30.3 Å². The third-order valence-electron chi connectivity index (χ3n) is 3.48. The van der Waals surface area contributed by atoms with Crippen LogP contribution in [0.15, 0.2) is 45.6 Å². The van der Waals surface area contributed by atoms with Gasteiger partial charge in [0.2, 0.25) is 0 Å². The zero-order valence-electron chi connectivity index (χ0n) is 11.9. The molecule has 116 valence electrons. The van der Waals surface area contributed by atoms with E-state index < -0.39 is 5.76 Å². The molecule has 0 saturated carbocycles. The molecule has 7 nitrogen and oxygen atoms in total. The molecule has 2 aromatic carbocycles. The van der Waals surface area contributed by atoms with Gasteiger partial charge in [-0.2, -0.15) is 0 Å². The molecule has 1 amide bonds. The third-order valence-corrected chi connectivity index (χ3v) is 3.48. The number of anilines is 1. The number of fused-ring (bicyclic) bond motifs is 2. The fourth-order valence-electron chi connectivity index (χ4n) is 2.41. The van der Waals surface area contributed by atoms with Crippen LogP contribution in [-0.2, 0) is 0 Å². The summed E-state index contributed by atoms with van der Waals surface area (Å²) < 4.78 is 15.9. The third kappa shape index (κ3) is 2.52. The Balaban J connectivity index is 1.59. The molecule has 1 aliphatic rings. The Kier molecular flexibility index (Phi) is 3.04. The van der Waals surface area contributed by atoms with Crippen molar-refractivity contribution < 1.29 is 18.7 Å². The summed E-state index contributed by atoms with van der Waals surface area (Å²) in [5, 5.41) is 2.78. The van der Waals surface area contributed by atoms with Crippen LogP contribution in [0.1, 0.15) is 10.4 Å². The second-order valence-corrected chi connectivity index (χ2v) is 5.04. The lowest BCUT2D eigenvalue weighted by atomic mass is 10.2. The standard InChI is InChI=1S/C16H12N2O5/c19-15(9-1-3-11-13(7-9)23-16(20)18-11)17-10-2-4-12-14(8-10)22-6-5-21-12/h1-4,7-8H,5-6H2,(H,17,19)(H,18,20). The van der Waals surface area contributed by atoms with Crippen LogP contribution < -0.4 is 20.5 Å². The molecule has 0 bridgehead atoms. The Labute approximate surface area is 129 Å². The number of carbonyl (C=O) groups is 1. The molecule has 3 aromatic rings. The fourth-order valence-corrected chi connectivity index (χ4v) is 2.41. The van der Waals surface area contributed by atoms with Crippen molar-refractivity contribution in [1.29, 1.82) is 0 Å². The predicted molar refractivity (Wildman–Crippen MR) is 82.2 cm³/mol. The molecule has 0 fully saturated rings. The normalized spacial score (nSPS) is 13.0. The molecule has 0 radical (unpaired) electrons. The van der Waals surface area contributed by atoms with Gasteiger partial charge in [0.15, 0.2) is 17.1 Å². The van der Waals surface area contributed by atoms with E-state index in [0.29, 0.717) is 47.1 Å². The monoisotopic (exact) mass is 312 g/mol. The van der Waals surface area contributed by atoms with Crippen molar-refractivity contribution in [3.8, 4) is 11.5 Å². The minimum Gasteiger partial charge on any atom is -0.486 e. The van der Waals surface area contributed by atoms with Crippen LogP contribution in [0.3, 0.4) is 0 Å². The number of rotatable bonds is 2. The summed E-state index contributed by atoms with van der Waals surface area (Å²) in [6.07, 6.45) is 0. The number of aromatic nitrogens is 1. The summed E-state index contributed by atoms with van der Waals surface area (Å²) in [5.74, 6) is 0.391. The number of H-pyrrole nitrogens is 1. The molecule has 1 aromatic heterocycles. The highest BCUT2D eigenvalue weighted by Crippen LogP contribution is 2.32. The smallest absolute Gasteiger partial charge is 0.417 e. The topological polar surface area (TPSA) is 93.6 Å². The number of hydrogen-bond donors (Lipinski definition) is 2. The first kappa shape index (κ1) is 13.4. The molecule has 2 heterocycles. The van der Waals surface area contributed by atoms with E-state index in [4.69, 9.17) is 13.9 Å². The lowest BCUT2D eigenvalue weighted by Gasteiger charge is -2.19. The molecule has 1 aliphatic heterocycles. The molecule has 0 aliphatic carbocycles. The number of oxazole rings is 1. The lowest BCUT2D eigenvalue weighted by molar-refractivity contribution is 0.102. The number of carbonyl (C=O) groups excluding carboxylic acids is 1. The van der Waals surface area contributed by atoms with Gasteiger partial charge in [0.05, 0.1) is 5.52 Å². The van der Waals surface area contributed by atoms with Crippen molar-refractivity contribution in [3.63, 3.8) is 0 Å². The molecule has 0 unspecified atom stereocenters. The molecule has 23 heavy (non-hydrogen) atoms. The SMILES string of the molecule is O=C(Nc1ccc2c(c1)OCCO2)c1ccc2[nH]c(=O)oc2c1. The van der Waals surface area contributed by atoms with Gasteiger partial charge in [-0.3, -0.25) is 9.78 Å².